The Morgan fingerprint density at radius 2 is 2.40 bits per heavy atom. The summed E-state index contributed by atoms with van der Waals surface area (Å²) in [5, 5.41) is 12.6. The van der Waals surface area contributed by atoms with E-state index in [1.807, 2.05) is 19.1 Å². The third kappa shape index (κ3) is 4.27. The quantitative estimate of drug-likeness (QED) is 0.740. The number of aliphatic hydroxyl groups excluding tert-OH is 1. The van der Waals surface area contributed by atoms with Gasteiger partial charge in [0.05, 0.1) is 12.7 Å². The van der Waals surface area contributed by atoms with Crippen molar-refractivity contribution in [1.29, 1.82) is 0 Å². The van der Waals surface area contributed by atoms with Crippen molar-refractivity contribution in [3.8, 4) is 0 Å². The molecule has 0 aliphatic rings. The summed E-state index contributed by atoms with van der Waals surface area (Å²) in [4.78, 5) is 4.20. The van der Waals surface area contributed by atoms with Crippen molar-refractivity contribution in [3.63, 3.8) is 0 Å². The first kappa shape index (κ1) is 11.9. The summed E-state index contributed by atoms with van der Waals surface area (Å²) in [5.41, 5.74) is 1.11. The molecule has 0 radical (unpaired) electrons. The molecule has 1 aromatic heterocycles. The molecule has 0 bridgehead atoms. The monoisotopic (exact) mass is 210 g/mol. The predicted octanol–water partition coefficient (Wildman–Crippen LogP) is 1.20. The number of nitrogens with zero attached hydrogens (tertiary/aromatic N) is 1. The van der Waals surface area contributed by atoms with Gasteiger partial charge in [-0.05, 0) is 25.0 Å². The third-order valence-electron chi connectivity index (χ3n) is 2.14. The Morgan fingerprint density at radius 3 is 3.07 bits per heavy atom. The van der Waals surface area contributed by atoms with Crippen LogP contribution in [0, 0.1) is 6.92 Å². The van der Waals surface area contributed by atoms with Crippen LogP contribution < -0.4 is 5.32 Å². The van der Waals surface area contributed by atoms with Crippen molar-refractivity contribution in [2.75, 3.05) is 25.6 Å². The first-order chi connectivity index (χ1) is 7.24. The fourth-order valence-electron chi connectivity index (χ4n) is 1.30. The van der Waals surface area contributed by atoms with Crippen LogP contribution in [0.25, 0.3) is 0 Å². The van der Waals surface area contributed by atoms with Crippen LogP contribution in [0.1, 0.15) is 12.0 Å². The van der Waals surface area contributed by atoms with Crippen LogP contribution in [-0.2, 0) is 4.74 Å². The molecule has 0 aliphatic heterocycles. The molecular weight excluding hydrogens is 192 g/mol. The molecule has 1 aromatic rings. The van der Waals surface area contributed by atoms with E-state index in [1.165, 1.54) is 0 Å². The van der Waals surface area contributed by atoms with Crippen molar-refractivity contribution in [1.82, 2.24) is 4.98 Å². The van der Waals surface area contributed by atoms with E-state index < -0.39 is 6.10 Å². The Hall–Kier alpha value is -1.13. The van der Waals surface area contributed by atoms with E-state index >= 15 is 0 Å². The zero-order valence-corrected chi connectivity index (χ0v) is 9.23. The summed E-state index contributed by atoms with van der Waals surface area (Å²) in [6, 6.07) is 3.90. The Bertz CT molecular complexity index is 292. The lowest BCUT2D eigenvalue weighted by atomic mass is 10.2. The number of anilines is 1. The van der Waals surface area contributed by atoms with Gasteiger partial charge in [0.15, 0.2) is 0 Å². The Morgan fingerprint density at radius 1 is 1.60 bits per heavy atom. The largest absolute Gasteiger partial charge is 0.391 e. The van der Waals surface area contributed by atoms with E-state index in [2.05, 4.69) is 10.3 Å². The smallest absolute Gasteiger partial charge is 0.128 e. The molecule has 2 N–H and O–H groups in total. The van der Waals surface area contributed by atoms with Crippen LogP contribution in [0.15, 0.2) is 18.3 Å². The van der Waals surface area contributed by atoms with Crippen LogP contribution >= 0.6 is 0 Å². The summed E-state index contributed by atoms with van der Waals surface area (Å²) < 4.78 is 4.84. The number of ether oxygens (including phenoxy) is 1. The molecule has 15 heavy (non-hydrogen) atoms. The van der Waals surface area contributed by atoms with E-state index in [0.29, 0.717) is 19.6 Å². The van der Waals surface area contributed by atoms with Crippen molar-refractivity contribution in [3.05, 3.63) is 23.9 Å². The minimum atomic E-state index is -0.411. The number of methoxy groups -OCH3 is 1. The minimum Gasteiger partial charge on any atom is -0.391 e. The van der Waals surface area contributed by atoms with Gasteiger partial charge in [0.1, 0.15) is 5.82 Å². The maximum absolute atomic E-state index is 9.41. The number of aryl methyl sites for hydroxylation is 1. The van der Waals surface area contributed by atoms with Crippen LogP contribution in [0.2, 0.25) is 0 Å². The second-order valence-electron chi connectivity index (χ2n) is 3.49. The van der Waals surface area contributed by atoms with Gasteiger partial charge in [-0.3, -0.25) is 0 Å². The molecule has 0 saturated heterocycles. The molecule has 0 spiro atoms. The normalized spacial score (nSPS) is 12.5. The first-order valence-electron chi connectivity index (χ1n) is 5.06. The molecule has 1 unspecified atom stereocenters. The Labute approximate surface area is 90.3 Å². The SMILES string of the molecule is COCC(O)CCNc1ncccc1C. The van der Waals surface area contributed by atoms with E-state index in [0.717, 1.165) is 11.4 Å². The molecule has 1 rings (SSSR count). The highest BCUT2D eigenvalue weighted by atomic mass is 16.5. The molecule has 0 aromatic carbocycles. The van der Waals surface area contributed by atoms with Gasteiger partial charge in [-0.2, -0.15) is 0 Å². The number of pyridine rings is 1. The van der Waals surface area contributed by atoms with Gasteiger partial charge in [0.2, 0.25) is 0 Å². The van der Waals surface area contributed by atoms with Gasteiger partial charge in [0.25, 0.3) is 0 Å². The number of rotatable bonds is 6. The maximum Gasteiger partial charge on any atom is 0.128 e. The second-order valence-corrected chi connectivity index (χ2v) is 3.49. The number of aliphatic hydroxyl groups is 1. The Balaban J connectivity index is 2.29. The zero-order valence-electron chi connectivity index (χ0n) is 9.23. The molecular formula is C11H18N2O2. The summed E-state index contributed by atoms with van der Waals surface area (Å²) in [7, 11) is 1.58. The molecule has 4 heteroatoms. The average Bonchev–Trinajstić information content (AvgIpc) is 2.21. The standard InChI is InChI=1S/C11H18N2O2/c1-9-4-3-6-12-11(9)13-7-5-10(14)8-15-2/h3-4,6,10,14H,5,7-8H2,1-2H3,(H,12,13). The van der Waals surface area contributed by atoms with E-state index in [9.17, 15) is 5.11 Å². The molecule has 4 nitrogen and oxygen atoms in total. The van der Waals surface area contributed by atoms with Crippen molar-refractivity contribution < 1.29 is 9.84 Å². The fraction of sp³-hybridized carbons (Fsp3) is 0.545. The third-order valence-corrected chi connectivity index (χ3v) is 2.14. The van der Waals surface area contributed by atoms with Gasteiger partial charge in [-0.25, -0.2) is 4.98 Å². The van der Waals surface area contributed by atoms with Gasteiger partial charge in [-0.15, -0.1) is 0 Å². The lowest BCUT2D eigenvalue weighted by molar-refractivity contribution is 0.0615. The van der Waals surface area contributed by atoms with Crippen molar-refractivity contribution in [2.45, 2.75) is 19.4 Å². The number of aromatic nitrogens is 1. The summed E-state index contributed by atoms with van der Waals surface area (Å²) in [6.45, 7) is 3.08. The highest BCUT2D eigenvalue weighted by Gasteiger charge is 2.03. The first-order valence-corrected chi connectivity index (χ1v) is 5.06. The number of hydrogen-bond acceptors (Lipinski definition) is 4. The molecule has 1 atom stereocenters. The van der Waals surface area contributed by atoms with Gasteiger partial charge in [0, 0.05) is 19.9 Å². The van der Waals surface area contributed by atoms with Crippen LogP contribution in [0.4, 0.5) is 5.82 Å². The van der Waals surface area contributed by atoms with Crippen LogP contribution in [0.3, 0.4) is 0 Å². The lowest BCUT2D eigenvalue weighted by Crippen LogP contribution is -2.18. The molecule has 0 aliphatic carbocycles. The lowest BCUT2D eigenvalue weighted by Gasteiger charge is -2.11. The molecule has 0 fully saturated rings. The van der Waals surface area contributed by atoms with Gasteiger partial charge in [-0.1, -0.05) is 6.07 Å². The van der Waals surface area contributed by atoms with Crippen molar-refractivity contribution >= 4 is 5.82 Å². The summed E-state index contributed by atoms with van der Waals surface area (Å²) in [5.74, 6) is 0.877. The van der Waals surface area contributed by atoms with Gasteiger partial charge < -0.3 is 15.2 Å². The zero-order chi connectivity index (χ0) is 11.1. The minimum absolute atomic E-state index is 0.378. The van der Waals surface area contributed by atoms with E-state index in [-0.39, 0.29) is 0 Å². The number of hydrogen-bond donors (Lipinski definition) is 2. The average molecular weight is 210 g/mol. The topological polar surface area (TPSA) is 54.4 Å². The molecule has 1 heterocycles. The van der Waals surface area contributed by atoms with Crippen molar-refractivity contribution in [2.24, 2.45) is 0 Å². The second kappa shape index (κ2) is 6.37. The summed E-state index contributed by atoms with van der Waals surface area (Å²) >= 11 is 0. The summed E-state index contributed by atoms with van der Waals surface area (Å²) in [6.07, 6.45) is 2.00. The molecule has 84 valence electrons. The molecule has 0 amide bonds. The van der Waals surface area contributed by atoms with Crippen LogP contribution in [0.5, 0.6) is 0 Å². The Kier molecular flexibility index (Phi) is 5.07. The van der Waals surface area contributed by atoms with E-state index in [4.69, 9.17) is 4.74 Å². The van der Waals surface area contributed by atoms with Gasteiger partial charge >= 0.3 is 0 Å². The molecule has 0 saturated carbocycles. The van der Waals surface area contributed by atoms with Crippen LogP contribution in [-0.4, -0.2) is 36.5 Å². The number of nitrogens with one attached hydrogen (secondary N) is 1. The fourth-order valence-corrected chi connectivity index (χ4v) is 1.30. The maximum atomic E-state index is 9.41. The van der Waals surface area contributed by atoms with E-state index in [1.54, 1.807) is 13.3 Å². The highest BCUT2D eigenvalue weighted by Crippen LogP contribution is 2.08. The predicted molar refractivity (Wildman–Crippen MR) is 60.0 cm³/mol. The highest BCUT2D eigenvalue weighted by molar-refractivity contribution is 5.42.